The number of amides is 1. The predicted octanol–water partition coefficient (Wildman–Crippen LogP) is 3.06. The molecule has 188 valence electrons. The van der Waals surface area contributed by atoms with Crippen molar-refractivity contribution in [1.82, 2.24) is 5.43 Å². The first-order chi connectivity index (χ1) is 17.1. The topological polar surface area (TPSA) is 135 Å². The van der Waals surface area contributed by atoms with E-state index in [2.05, 4.69) is 10.5 Å². The van der Waals surface area contributed by atoms with Crippen molar-refractivity contribution in [3.05, 3.63) is 83.4 Å². The van der Waals surface area contributed by atoms with Gasteiger partial charge in [0.05, 0.1) is 36.6 Å². The highest BCUT2D eigenvalue weighted by molar-refractivity contribution is 7.92. The molecule has 0 saturated carbocycles. The summed E-state index contributed by atoms with van der Waals surface area (Å²) in [5, 5.41) is 12.8. The highest BCUT2D eigenvalue weighted by Gasteiger charge is 2.28. The predicted molar refractivity (Wildman–Crippen MR) is 134 cm³/mol. The highest BCUT2D eigenvalue weighted by Crippen LogP contribution is 2.32. The molecular formula is C25H25N3O7S. The number of aryl methyl sites for hydroxylation is 1. The van der Waals surface area contributed by atoms with Crippen LogP contribution >= 0.6 is 0 Å². The number of nitrogens with zero attached hydrogens (tertiary/aromatic N) is 2. The third-order valence-electron chi connectivity index (χ3n) is 5.11. The van der Waals surface area contributed by atoms with Gasteiger partial charge in [0.15, 0.2) is 11.5 Å². The number of carbonyl (C=O) groups excluding carboxylic acids is 1. The van der Waals surface area contributed by atoms with Crippen LogP contribution in [0.3, 0.4) is 0 Å². The second-order valence-corrected chi connectivity index (χ2v) is 9.45. The fourth-order valence-electron chi connectivity index (χ4n) is 3.19. The van der Waals surface area contributed by atoms with Crippen molar-refractivity contribution in [2.75, 3.05) is 25.1 Å². The van der Waals surface area contributed by atoms with Gasteiger partial charge in [-0.15, -0.1) is 0 Å². The molecule has 0 spiro atoms. The monoisotopic (exact) mass is 511 g/mol. The Morgan fingerprint density at radius 2 is 1.61 bits per heavy atom. The Labute approximate surface area is 208 Å². The van der Waals surface area contributed by atoms with E-state index >= 15 is 0 Å². The van der Waals surface area contributed by atoms with Gasteiger partial charge in [0.1, 0.15) is 6.54 Å². The highest BCUT2D eigenvalue weighted by atomic mass is 32.2. The molecule has 36 heavy (non-hydrogen) atoms. The van der Waals surface area contributed by atoms with Crippen LogP contribution in [0, 0.1) is 6.92 Å². The molecule has 1 amide bonds. The van der Waals surface area contributed by atoms with Crippen LogP contribution in [0.5, 0.6) is 11.5 Å². The normalized spacial score (nSPS) is 11.2. The number of carbonyl (C=O) groups is 2. The van der Waals surface area contributed by atoms with E-state index in [1.807, 2.05) is 6.92 Å². The minimum Gasteiger partial charge on any atom is -0.493 e. The Kier molecular flexibility index (Phi) is 8.28. The summed E-state index contributed by atoms with van der Waals surface area (Å²) < 4.78 is 38.5. The average Bonchev–Trinajstić information content (AvgIpc) is 2.87. The fraction of sp³-hybridized carbons (Fsp3) is 0.160. The molecule has 2 N–H and O–H groups in total. The summed E-state index contributed by atoms with van der Waals surface area (Å²) in [6.45, 7) is 1.32. The third-order valence-corrected chi connectivity index (χ3v) is 6.88. The number of carboxylic acid groups (broad SMARTS) is 1. The van der Waals surface area contributed by atoms with Crippen LogP contribution < -0.4 is 19.2 Å². The van der Waals surface area contributed by atoms with Gasteiger partial charge in [-0.25, -0.2) is 18.6 Å². The summed E-state index contributed by atoms with van der Waals surface area (Å²) in [6.07, 6.45) is 1.32. The average molecular weight is 512 g/mol. The van der Waals surface area contributed by atoms with E-state index in [-0.39, 0.29) is 16.2 Å². The van der Waals surface area contributed by atoms with Gasteiger partial charge in [-0.05, 0) is 48.9 Å². The summed E-state index contributed by atoms with van der Waals surface area (Å²) in [7, 11) is -1.34. The van der Waals surface area contributed by atoms with Gasteiger partial charge in [0.25, 0.3) is 15.9 Å². The lowest BCUT2D eigenvalue weighted by atomic mass is 10.1. The molecule has 0 bridgehead atoms. The lowest BCUT2D eigenvalue weighted by Gasteiger charge is -2.24. The summed E-state index contributed by atoms with van der Waals surface area (Å²) in [6, 6.07) is 16.7. The first-order valence-electron chi connectivity index (χ1n) is 10.6. The summed E-state index contributed by atoms with van der Waals surface area (Å²) in [5.41, 5.74) is 4.19. The zero-order chi connectivity index (χ0) is 26.3. The number of methoxy groups -OCH3 is 2. The van der Waals surface area contributed by atoms with Gasteiger partial charge >= 0.3 is 5.97 Å². The van der Waals surface area contributed by atoms with Crippen LogP contribution in [-0.4, -0.2) is 52.4 Å². The Morgan fingerprint density at radius 3 is 2.19 bits per heavy atom. The van der Waals surface area contributed by atoms with E-state index in [0.29, 0.717) is 17.0 Å². The molecule has 0 radical (unpaired) electrons. The van der Waals surface area contributed by atoms with Crippen LogP contribution in [0.15, 0.2) is 76.7 Å². The van der Waals surface area contributed by atoms with Gasteiger partial charge in [-0.3, -0.25) is 9.10 Å². The Bertz CT molecular complexity index is 1370. The molecule has 0 heterocycles. The summed E-state index contributed by atoms with van der Waals surface area (Å²) >= 11 is 0. The minimum atomic E-state index is -4.18. The van der Waals surface area contributed by atoms with Gasteiger partial charge in [-0.2, -0.15) is 5.10 Å². The number of nitrogens with one attached hydrogen (secondary N) is 1. The van der Waals surface area contributed by atoms with Crippen LogP contribution in [-0.2, 0) is 14.8 Å². The van der Waals surface area contributed by atoms with Crippen LogP contribution in [0.4, 0.5) is 5.69 Å². The molecule has 0 atom stereocenters. The summed E-state index contributed by atoms with van der Waals surface area (Å²) in [5.74, 6) is -1.15. The smallest absolute Gasteiger partial charge is 0.335 e. The SMILES string of the molecule is COc1ccc(S(=O)(=O)N(CC(=O)N/N=C\c2ccc(C(=O)O)cc2)c2ccc(C)cc2)cc1OC. The number of hydrazone groups is 1. The Hall–Kier alpha value is -4.38. The van der Waals surface area contributed by atoms with Gasteiger partial charge in [0.2, 0.25) is 0 Å². The third kappa shape index (κ3) is 6.19. The molecule has 0 saturated heterocycles. The van der Waals surface area contributed by atoms with Gasteiger partial charge in [0, 0.05) is 6.07 Å². The summed E-state index contributed by atoms with van der Waals surface area (Å²) in [4.78, 5) is 23.5. The Morgan fingerprint density at radius 1 is 0.972 bits per heavy atom. The van der Waals surface area contributed by atoms with Crippen LogP contribution in [0.2, 0.25) is 0 Å². The van der Waals surface area contributed by atoms with Crippen LogP contribution in [0.25, 0.3) is 0 Å². The fourth-order valence-corrected chi connectivity index (χ4v) is 4.62. The van der Waals surface area contributed by atoms with E-state index in [4.69, 9.17) is 14.6 Å². The lowest BCUT2D eigenvalue weighted by Crippen LogP contribution is -2.39. The van der Waals surface area contributed by atoms with Crippen molar-refractivity contribution in [2.45, 2.75) is 11.8 Å². The molecule has 3 rings (SSSR count). The quantitative estimate of drug-likeness (QED) is 0.316. The number of benzene rings is 3. The molecule has 0 fully saturated rings. The first-order valence-corrected chi connectivity index (χ1v) is 12.1. The number of anilines is 1. The van der Waals surface area contributed by atoms with Crippen molar-refractivity contribution >= 4 is 33.8 Å². The molecule has 11 heteroatoms. The number of ether oxygens (including phenoxy) is 2. The molecular weight excluding hydrogens is 486 g/mol. The number of carboxylic acids is 1. The molecule has 0 aliphatic carbocycles. The van der Waals surface area contributed by atoms with E-state index < -0.39 is 28.4 Å². The van der Waals surface area contributed by atoms with Crippen molar-refractivity contribution in [2.24, 2.45) is 5.10 Å². The van der Waals surface area contributed by atoms with Crippen molar-refractivity contribution in [3.63, 3.8) is 0 Å². The largest absolute Gasteiger partial charge is 0.493 e. The molecule has 0 unspecified atom stereocenters. The molecule has 0 aliphatic rings. The molecule has 3 aromatic rings. The minimum absolute atomic E-state index is 0.0875. The van der Waals surface area contributed by atoms with E-state index in [0.717, 1.165) is 9.87 Å². The van der Waals surface area contributed by atoms with Crippen molar-refractivity contribution in [3.8, 4) is 11.5 Å². The second kappa shape index (κ2) is 11.4. The van der Waals surface area contributed by atoms with E-state index in [1.165, 1.54) is 62.9 Å². The maximum absolute atomic E-state index is 13.6. The zero-order valence-corrected chi connectivity index (χ0v) is 20.7. The molecule has 10 nitrogen and oxygen atoms in total. The lowest BCUT2D eigenvalue weighted by molar-refractivity contribution is -0.119. The number of aromatic carboxylic acids is 1. The maximum Gasteiger partial charge on any atom is 0.335 e. The molecule has 0 aromatic heterocycles. The second-order valence-electron chi connectivity index (χ2n) is 7.58. The Balaban J connectivity index is 1.85. The van der Waals surface area contributed by atoms with E-state index in [1.54, 1.807) is 24.3 Å². The standard InChI is InChI=1S/C25H25N3O7S/c1-17-4-10-20(11-5-17)28(36(32,33)21-12-13-22(34-2)23(14-21)35-3)16-24(29)27-26-15-18-6-8-19(9-7-18)25(30)31/h4-15H,16H2,1-3H3,(H,27,29)(H,30,31)/b26-15-. The number of sulfonamides is 1. The number of rotatable bonds is 10. The van der Waals surface area contributed by atoms with E-state index in [9.17, 15) is 18.0 Å². The zero-order valence-electron chi connectivity index (χ0n) is 19.8. The molecule has 0 aliphatic heterocycles. The first kappa shape index (κ1) is 26.2. The van der Waals surface area contributed by atoms with Gasteiger partial charge < -0.3 is 14.6 Å². The van der Waals surface area contributed by atoms with Crippen molar-refractivity contribution in [1.29, 1.82) is 0 Å². The van der Waals surface area contributed by atoms with Crippen LogP contribution in [0.1, 0.15) is 21.5 Å². The maximum atomic E-state index is 13.6. The molecule has 3 aromatic carbocycles. The van der Waals surface area contributed by atoms with Crippen molar-refractivity contribution < 1.29 is 32.6 Å². The number of hydrogen-bond donors (Lipinski definition) is 2. The number of hydrogen-bond acceptors (Lipinski definition) is 7. The van der Waals surface area contributed by atoms with Gasteiger partial charge in [-0.1, -0.05) is 29.8 Å².